The first-order valence-electron chi connectivity index (χ1n) is 6.09. The highest BCUT2D eigenvalue weighted by Gasteiger charge is 2.27. The Labute approximate surface area is 108 Å². The summed E-state index contributed by atoms with van der Waals surface area (Å²) in [6, 6.07) is 3.23. The smallest absolute Gasteiger partial charge is 0.276 e. The zero-order chi connectivity index (χ0) is 13.0. The summed E-state index contributed by atoms with van der Waals surface area (Å²) in [5.74, 6) is 0.642. The quantitative estimate of drug-likeness (QED) is 0.820. The van der Waals surface area contributed by atoms with E-state index in [4.69, 9.17) is 4.42 Å². The Balaban J connectivity index is 2.14. The second-order valence-corrected chi connectivity index (χ2v) is 5.99. The van der Waals surface area contributed by atoms with Gasteiger partial charge in [0.1, 0.15) is 5.76 Å². The van der Waals surface area contributed by atoms with E-state index in [0.29, 0.717) is 25.4 Å². The molecule has 1 aromatic rings. The first-order chi connectivity index (χ1) is 8.64. The standard InChI is InChI=1S/C12H18N2O3S/c1-2-13-10-11-6-7-12(17-11)18(15,16)14-8-4-3-5-9-14/h3-4,6-7,13H,2,5,8-10H2,1H3. The molecule has 0 fully saturated rings. The van der Waals surface area contributed by atoms with Crippen LogP contribution < -0.4 is 5.32 Å². The molecule has 1 N–H and O–H groups in total. The normalized spacial score (nSPS) is 17.2. The molecule has 1 aliphatic rings. The van der Waals surface area contributed by atoms with Gasteiger partial charge in [-0.25, -0.2) is 8.42 Å². The van der Waals surface area contributed by atoms with Crippen molar-refractivity contribution >= 4 is 10.0 Å². The molecule has 6 heteroatoms. The Kier molecular flexibility index (Phi) is 4.21. The van der Waals surface area contributed by atoms with Crippen molar-refractivity contribution < 1.29 is 12.8 Å². The van der Waals surface area contributed by atoms with Crippen LogP contribution in [-0.2, 0) is 16.6 Å². The first-order valence-corrected chi connectivity index (χ1v) is 7.53. The molecule has 0 amide bonds. The fourth-order valence-electron chi connectivity index (χ4n) is 1.81. The molecule has 100 valence electrons. The molecule has 1 aromatic heterocycles. The van der Waals surface area contributed by atoms with E-state index in [-0.39, 0.29) is 5.09 Å². The van der Waals surface area contributed by atoms with Crippen LogP contribution in [0, 0.1) is 0 Å². The lowest BCUT2D eigenvalue weighted by atomic mass is 10.3. The van der Waals surface area contributed by atoms with E-state index in [2.05, 4.69) is 5.32 Å². The Hall–Kier alpha value is -1.11. The molecule has 5 nitrogen and oxygen atoms in total. The van der Waals surface area contributed by atoms with E-state index in [0.717, 1.165) is 13.0 Å². The maximum absolute atomic E-state index is 12.3. The molecule has 0 aliphatic carbocycles. The average Bonchev–Trinajstić information content (AvgIpc) is 2.87. The van der Waals surface area contributed by atoms with Crippen LogP contribution in [0.2, 0.25) is 0 Å². The fourth-order valence-corrected chi connectivity index (χ4v) is 3.14. The summed E-state index contributed by atoms with van der Waals surface area (Å²) in [6.07, 6.45) is 4.61. The number of nitrogens with zero attached hydrogens (tertiary/aromatic N) is 1. The van der Waals surface area contributed by atoms with E-state index < -0.39 is 10.0 Å². The van der Waals surface area contributed by atoms with Gasteiger partial charge in [0.15, 0.2) is 0 Å². The van der Waals surface area contributed by atoms with E-state index in [1.807, 2.05) is 19.1 Å². The highest BCUT2D eigenvalue weighted by molar-refractivity contribution is 7.89. The third-order valence-corrected chi connectivity index (χ3v) is 4.54. The van der Waals surface area contributed by atoms with E-state index >= 15 is 0 Å². The number of sulfonamides is 1. The predicted molar refractivity (Wildman–Crippen MR) is 68.6 cm³/mol. The first kappa shape index (κ1) is 13.3. The van der Waals surface area contributed by atoms with Gasteiger partial charge >= 0.3 is 0 Å². The molecule has 2 rings (SSSR count). The maximum atomic E-state index is 12.3. The summed E-state index contributed by atoms with van der Waals surface area (Å²) in [7, 11) is -3.48. The third kappa shape index (κ3) is 2.82. The molecule has 18 heavy (non-hydrogen) atoms. The van der Waals surface area contributed by atoms with Gasteiger partial charge in [-0.15, -0.1) is 0 Å². The lowest BCUT2D eigenvalue weighted by Gasteiger charge is -2.21. The summed E-state index contributed by atoms with van der Waals surface area (Å²) in [5, 5.41) is 3.13. The lowest BCUT2D eigenvalue weighted by Crippen LogP contribution is -2.33. The minimum Gasteiger partial charge on any atom is -0.447 e. The van der Waals surface area contributed by atoms with Crippen molar-refractivity contribution in [3.05, 3.63) is 30.0 Å². The topological polar surface area (TPSA) is 62.6 Å². The molecule has 1 aliphatic heterocycles. The van der Waals surface area contributed by atoms with Gasteiger partial charge in [-0.1, -0.05) is 19.1 Å². The third-order valence-electron chi connectivity index (χ3n) is 2.80. The van der Waals surface area contributed by atoms with Crippen molar-refractivity contribution in [1.29, 1.82) is 0 Å². The van der Waals surface area contributed by atoms with Crippen LogP contribution in [0.25, 0.3) is 0 Å². The van der Waals surface area contributed by atoms with Crippen molar-refractivity contribution in [2.45, 2.75) is 25.0 Å². The van der Waals surface area contributed by atoms with Crippen LogP contribution in [0.1, 0.15) is 19.1 Å². The Bertz CT molecular complexity index is 519. The van der Waals surface area contributed by atoms with Crippen LogP contribution >= 0.6 is 0 Å². The lowest BCUT2D eigenvalue weighted by molar-refractivity contribution is 0.372. The van der Waals surface area contributed by atoms with Gasteiger partial charge in [0, 0.05) is 13.1 Å². The van der Waals surface area contributed by atoms with Crippen LogP contribution in [0.4, 0.5) is 0 Å². The van der Waals surface area contributed by atoms with Crippen LogP contribution in [-0.4, -0.2) is 32.4 Å². The van der Waals surface area contributed by atoms with Crippen molar-refractivity contribution in [2.75, 3.05) is 19.6 Å². The number of furan rings is 1. The minimum atomic E-state index is -3.48. The van der Waals surface area contributed by atoms with Crippen molar-refractivity contribution in [3.63, 3.8) is 0 Å². The summed E-state index contributed by atoms with van der Waals surface area (Å²) < 4.78 is 31.3. The molecule has 2 heterocycles. The summed E-state index contributed by atoms with van der Waals surface area (Å²) in [5.41, 5.74) is 0. The second-order valence-electron chi connectivity index (χ2n) is 4.12. The molecular formula is C12H18N2O3S. The number of hydrogen-bond donors (Lipinski definition) is 1. The van der Waals surface area contributed by atoms with Gasteiger partial charge < -0.3 is 9.73 Å². The van der Waals surface area contributed by atoms with E-state index in [1.165, 1.54) is 10.4 Å². The van der Waals surface area contributed by atoms with Crippen molar-refractivity contribution in [3.8, 4) is 0 Å². The fraction of sp³-hybridized carbons (Fsp3) is 0.500. The maximum Gasteiger partial charge on any atom is 0.276 e. The molecule has 0 saturated heterocycles. The zero-order valence-electron chi connectivity index (χ0n) is 10.4. The Morgan fingerprint density at radius 3 is 2.89 bits per heavy atom. The van der Waals surface area contributed by atoms with Crippen molar-refractivity contribution in [2.24, 2.45) is 0 Å². The van der Waals surface area contributed by atoms with Gasteiger partial charge in [0.25, 0.3) is 10.0 Å². The van der Waals surface area contributed by atoms with Crippen LogP contribution in [0.15, 0.2) is 33.8 Å². The molecular weight excluding hydrogens is 252 g/mol. The van der Waals surface area contributed by atoms with Gasteiger partial charge in [-0.3, -0.25) is 0 Å². The highest BCUT2D eigenvalue weighted by Crippen LogP contribution is 2.20. The highest BCUT2D eigenvalue weighted by atomic mass is 32.2. The van der Waals surface area contributed by atoms with Gasteiger partial charge in [-0.05, 0) is 25.1 Å². The predicted octanol–water partition coefficient (Wildman–Crippen LogP) is 1.34. The monoisotopic (exact) mass is 270 g/mol. The number of hydrogen-bond acceptors (Lipinski definition) is 4. The minimum absolute atomic E-state index is 0.0331. The van der Waals surface area contributed by atoms with Crippen molar-refractivity contribution in [1.82, 2.24) is 9.62 Å². The molecule has 0 unspecified atom stereocenters. The average molecular weight is 270 g/mol. The van der Waals surface area contributed by atoms with Crippen LogP contribution in [0.3, 0.4) is 0 Å². The van der Waals surface area contributed by atoms with Gasteiger partial charge in [0.2, 0.25) is 5.09 Å². The van der Waals surface area contributed by atoms with Crippen LogP contribution in [0.5, 0.6) is 0 Å². The van der Waals surface area contributed by atoms with Gasteiger partial charge in [0.05, 0.1) is 6.54 Å². The summed E-state index contributed by atoms with van der Waals surface area (Å²) in [6.45, 7) is 4.29. The number of rotatable bonds is 5. The van der Waals surface area contributed by atoms with Gasteiger partial charge in [-0.2, -0.15) is 4.31 Å². The number of nitrogens with one attached hydrogen (secondary N) is 1. The second kappa shape index (κ2) is 5.69. The van der Waals surface area contributed by atoms with E-state index in [1.54, 1.807) is 6.07 Å². The largest absolute Gasteiger partial charge is 0.447 e. The molecule has 0 bridgehead atoms. The molecule has 0 saturated carbocycles. The Morgan fingerprint density at radius 2 is 2.22 bits per heavy atom. The summed E-state index contributed by atoms with van der Waals surface area (Å²) in [4.78, 5) is 0. The zero-order valence-corrected chi connectivity index (χ0v) is 11.2. The molecule has 0 radical (unpaired) electrons. The summed E-state index contributed by atoms with van der Waals surface area (Å²) >= 11 is 0. The molecule has 0 spiro atoms. The Morgan fingerprint density at radius 1 is 1.39 bits per heavy atom. The molecule has 0 atom stereocenters. The van der Waals surface area contributed by atoms with E-state index in [9.17, 15) is 8.42 Å². The molecule has 0 aromatic carbocycles. The SMILES string of the molecule is CCNCc1ccc(S(=O)(=O)N2CC=CCC2)o1.